The van der Waals surface area contributed by atoms with Crippen LogP contribution in [0.25, 0.3) is 0 Å². The molecule has 0 spiro atoms. The molecule has 1 aliphatic rings. The molecule has 0 aliphatic carbocycles. The molecule has 1 atom stereocenters. The van der Waals surface area contributed by atoms with Crippen LogP contribution in [-0.2, 0) is 9.53 Å². The average Bonchev–Trinajstić information content (AvgIpc) is 2.79. The van der Waals surface area contributed by atoms with Gasteiger partial charge in [-0.25, -0.2) is 9.78 Å². The molecule has 2 N–H and O–H groups in total. The van der Waals surface area contributed by atoms with E-state index < -0.39 is 11.9 Å². The molecular weight excluding hydrogens is 430 g/mol. The van der Waals surface area contributed by atoms with Gasteiger partial charge in [0.15, 0.2) is 16.7 Å². The topological polar surface area (TPSA) is 103 Å². The lowest BCUT2D eigenvalue weighted by Gasteiger charge is -2.29. The molecule has 168 valence electrons. The third kappa shape index (κ3) is 4.57. The number of benzene rings is 1. The van der Waals surface area contributed by atoms with Gasteiger partial charge in [0, 0.05) is 11.4 Å². The number of rotatable bonds is 9. The quantitative estimate of drug-likeness (QED) is 0.256. The average molecular weight is 456 g/mol. The number of anilines is 1. The molecule has 1 aliphatic heterocycles. The lowest BCUT2D eigenvalue weighted by atomic mass is 9.82. The summed E-state index contributed by atoms with van der Waals surface area (Å²) < 4.78 is 16.1. The summed E-state index contributed by atoms with van der Waals surface area (Å²) in [5, 5.41) is 3.56. The van der Waals surface area contributed by atoms with Crippen LogP contribution >= 0.6 is 11.8 Å². The molecule has 2 aromatic rings. The number of allylic oxidation sites excluding steroid dienone is 1. The smallest absolute Gasteiger partial charge is 0.337 e. The van der Waals surface area contributed by atoms with Crippen molar-refractivity contribution in [3.05, 3.63) is 76.3 Å². The van der Waals surface area contributed by atoms with Crippen LogP contribution in [-0.4, -0.2) is 42.5 Å². The lowest BCUT2D eigenvalue weighted by Crippen LogP contribution is -2.31. The third-order valence-electron chi connectivity index (χ3n) is 4.85. The number of H-pyrrole nitrogens is 1. The highest BCUT2D eigenvalue weighted by Crippen LogP contribution is 2.42. The van der Waals surface area contributed by atoms with Crippen molar-refractivity contribution >= 4 is 23.5 Å². The molecule has 0 amide bonds. The second-order valence-electron chi connectivity index (χ2n) is 6.83. The molecule has 2 heterocycles. The fourth-order valence-electron chi connectivity index (χ4n) is 3.49. The zero-order chi connectivity index (χ0) is 23.3. The molecule has 1 aromatic carbocycles. The fraction of sp³-hybridized carbons (Fsp3) is 0.261. The number of nitrogens with zero attached hydrogens (tertiary/aromatic N) is 1. The van der Waals surface area contributed by atoms with Crippen LogP contribution in [0.1, 0.15) is 24.0 Å². The van der Waals surface area contributed by atoms with E-state index in [2.05, 4.69) is 28.4 Å². The molecule has 0 saturated carbocycles. The van der Waals surface area contributed by atoms with Crippen LogP contribution in [0.4, 0.5) is 5.82 Å². The van der Waals surface area contributed by atoms with Crippen molar-refractivity contribution in [1.29, 1.82) is 0 Å². The Morgan fingerprint density at radius 2 is 1.97 bits per heavy atom. The summed E-state index contributed by atoms with van der Waals surface area (Å²) in [6.07, 6.45) is 3.21. The van der Waals surface area contributed by atoms with E-state index in [-0.39, 0.29) is 12.2 Å². The summed E-state index contributed by atoms with van der Waals surface area (Å²) >= 11 is 1.35. The fourth-order valence-corrected chi connectivity index (χ4v) is 4.08. The van der Waals surface area contributed by atoms with E-state index in [0.29, 0.717) is 50.6 Å². The normalized spacial score (nSPS) is 14.8. The van der Waals surface area contributed by atoms with Crippen LogP contribution in [0, 0.1) is 0 Å². The maximum absolute atomic E-state index is 13.2. The van der Waals surface area contributed by atoms with Gasteiger partial charge in [0.2, 0.25) is 0 Å². The summed E-state index contributed by atoms with van der Waals surface area (Å²) in [5.41, 5.74) is 1.48. The minimum Gasteiger partial charge on any atom is -0.493 e. The van der Waals surface area contributed by atoms with Crippen molar-refractivity contribution < 1.29 is 19.0 Å². The van der Waals surface area contributed by atoms with E-state index in [9.17, 15) is 9.59 Å². The van der Waals surface area contributed by atoms with E-state index in [0.717, 1.165) is 0 Å². The highest BCUT2D eigenvalue weighted by molar-refractivity contribution is 7.99. The van der Waals surface area contributed by atoms with Gasteiger partial charge in [-0.2, -0.15) is 0 Å². The number of hydrogen-bond acceptors (Lipinski definition) is 8. The van der Waals surface area contributed by atoms with Gasteiger partial charge in [-0.15, -0.1) is 6.58 Å². The number of thioether (sulfide) groups is 1. The predicted octanol–water partition coefficient (Wildman–Crippen LogP) is 3.63. The first-order valence-corrected chi connectivity index (χ1v) is 10.8. The van der Waals surface area contributed by atoms with Crippen molar-refractivity contribution in [2.45, 2.75) is 18.0 Å². The Balaban J connectivity index is 2.21. The van der Waals surface area contributed by atoms with Crippen molar-refractivity contribution in [2.75, 3.05) is 31.9 Å². The van der Waals surface area contributed by atoms with Crippen LogP contribution < -0.4 is 20.3 Å². The summed E-state index contributed by atoms with van der Waals surface area (Å²) in [6.45, 7) is 9.07. The van der Waals surface area contributed by atoms with Gasteiger partial charge in [0.1, 0.15) is 12.4 Å². The van der Waals surface area contributed by atoms with E-state index in [4.69, 9.17) is 14.2 Å². The number of ether oxygens (including phenoxy) is 3. The largest absolute Gasteiger partial charge is 0.493 e. The SMILES string of the molecule is C=CCOC(=O)C1=C(C)Nc2nc(SCC=C)[nH]c(=O)c2C1c1ccc(OC)c(OC)c1. The standard InChI is InChI=1S/C23H25N3O5S/c1-6-10-31-22(28)17-13(3)24-20-19(21(27)26-23(25-20)32-11-7-2)18(17)14-8-9-15(29-4)16(12-14)30-5/h6-9,12,18H,1-2,10-11H2,3-5H3,(H2,24,25,26,27). The monoisotopic (exact) mass is 455 g/mol. The van der Waals surface area contributed by atoms with Gasteiger partial charge in [0.05, 0.1) is 31.3 Å². The highest BCUT2D eigenvalue weighted by atomic mass is 32.2. The van der Waals surface area contributed by atoms with Crippen LogP contribution in [0.2, 0.25) is 0 Å². The number of aromatic nitrogens is 2. The minimum atomic E-state index is -0.724. The number of aromatic amines is 1. The van der Waals surface area contributed by atoms with Crippen LogP contribution in [0.5, 0.6) is 11.5 Å². The van der Waals surface area contributed by atoms with Crippen molar-refractivity contribution in [1.82, 2.24) is 9.97 Å². The number of nitrogens with one attached hydrogen (secondary N) is 2. The Labute approximate surface area is 190 Å². The summed E-state index contributed by atoms with van der Waals surface area (Å²) in [4.78, 5) is 33.5. The first kappa shape index (κ1) is 23.2. The van der Waals surface area contributed by atoms with Crippen molar-refractivity contribution in [3.63, 3.8) is 0 Å². The number of methoxy groups -OCH3 is 2. The van der Waals surface area contributed by atoms with Gasteiger partial charge in [0.25, 0.3) is 5.56 Å². The Hall–Kier alpha value is -3.46. The van der Waals surface area contributed by atoms with E-state index in [1.54, 1.807) is 31.2 Å². The van der Waals surface area contributed by atoms with Gasteiger partial charge < -0.3 is 24.5 Å². The molecule has 8 nitrogen and oxygen atoms in total. The molecular formula is C23H25N3O5S. The zero-order valence-electron chi connectivity index (χ0n) is 18.2. The molecule has 1 unspecified atom stereocenters. The molecule has 32 heavy (non-hydrogen) atoms. The first-order valence-electron chi connectivity index (χ1n) is 9.80. The summed E-state index contributed by atoms with van der Waals surface area (Å²) in [6, 6.07) is 5.26. The van der Waals surface area contributed by atoms with E-state index in [1.165, 1.54) is 32.1 Å². The van der Waals surface area contributed by atoms with E-state index >= 15 is 0 Å². The Bertz CT molecular complexity index is 1140. The number of hydrogen-bond donors (Lipinski definition) is 2. The summed E-state index contributed by atoms with van der Waals surface area (Å²) in [7, 11) is 3.06. The molecule has 1 aromatic heterocycles. The Morgan fingerprint density at radius 3 is 2.62 bits per heavy atom. The first-order chi connectivity index (χ1) is 15.4. The molecule has 9 heteroatoms. The number of esters is 1. The maximum atomic E-state index is 13.2. The number of carbonyl (C=O) groups excluding carboxylic acids is 1. The number of fused-ring (bicyclic) bond motifs is 1. The van der Waals surface area contributed by atoms with Crippen molar-refractivity contribution in [3.8, 4) is 11.5 Å². The van der Waals surface area contributed by atoms with Crippen molar-refractivity contribution in [2.24, 2.45) is 0 Å². The van der Waals surface area contributed by atoms with Gasteiger partial charge in [-0.1, -0.05) is 36.6 Å². The number of carbonyl (C=O) groups is 1. The molecule has 0 radical (unpaired) electrons. The molecule has 3 rings (SSSR count). The molecule has 0 fully saturated rings. The Kier molecular flexibility index (Phi) is 7.42. The maximum Gasteiger partial charge on any atom is 0.337 e. The van der Waals surface area contributed by atoms with Gasteiger partial charge in [-0.3, -0.25) is 4.79 Å². The van der Waals surface area contributed by atoms with Crippen LogP contribution in [0.3, 0.4) is 0 Å². The lowest BCUT2D eigenvalue weighted by molar-refractivity contribution is -0.138. The molecule has 0 saturated heterocycles. The van der Waals surface area contributed by atoms with Gasteiger partial charge in [-0.05, 0) is 24.6 Å². The molecule has 0 bridgehead atoms. The zero-order valence-corrected chi connectivity index (χ0v) is 19.0. The summed E-state index contributed by atoms with van der Waals surface area (Å²) in [5.74, 6) is 0.712. The van der Waals surface area contributed by atoms with Crippen LogP contribution in [0.15, 0.2) is 64.7 Å². The highest BCUT2D eigenvalue weighted by Gasteiger charge is 2.36. The second-order valence-corrected chi connectivity index (χ2v) is 7.84. The third-order valence-corrected chi connectivity index (χ3v) is 5.72. The van der Waals surface area contributed by atoms with E-state index in [1.807, 2.05) is 0 Å². The second kappa shape index (κ2) is 10.2. The van der Waals surface area contributed by atoms with Gasteiger partial charge >= 0.3 is 5.97 Å². The predicted molar refractivity (Wildman–Crippen MR) is 125 cm³/mol. The minimum absolute atomic E-state index is 0.0485. The Morgan fingerprint density at radius 1 is 1.22 bits per heavy atom.